The lowest BCUT2D eigenvalue weighted by Crippen LogP contribution is -2.68. The number of carbonyl (C=O) groups excluding carboxylic acids is 1. The number of aryl methyl sites for hydroxylation is 1. The normalized spacial score (nSPS) is 18.7. The Morgan fingerprint density at radius 2 is 1.47 bits per heavy atom. The average molecular weight is 415 g/mol. The topological polar surface area (TPSA) is 26.3 Å². The molecular weight excluding hydrogens is 384 g/mol. The van der Waals surface area contributed by atoms with Gasteiger partial charge in [-0.1, -0.05) is 87.5 Å². The Balaban J connectivity index is 1.91. The van der Waals surface area contributed by atoms with Crippen LogP contribution in [0.3, 0.4) is 0 Å². The van der Waals surface area contributed by atoms with Gasteiger partial charge < -0.3 is 9.22 Å². The maximum absolute atomic E-state index is 11.9. The molecule has 4 rings (SSSR count). The van der Waals surface area contributed by atoms with Crippen molar-refractivity contribution in [3.05, 3.63) is 90.0 Å². The predicted octanol–water partition coefficient (Wildman–Crippen LogP) is 5.03. The first-order valence-corrected chi connectivity index (χ1v) is 12.6. The number of hydrogen-bond acceptors (Lipinski definition) is 2. The summed E-state index contributed by atoms with van der Waals surface area (Å²) in [6.07, 6.45) is 2.92. The highest BCUT2D eigenvalue weighted by atomic mass is 28.4. The Kier molecular flexibility index (Phi) is 5.19. The van der Waals surface area contributed by atoms with Crippen molar-refractivity contribution in [3.8, 4) is 5.75 Å². The van der Waals surface area contributed by atoms with Crippen LogP contribution in [0, 0.1) is 0 Å². The lowest BCUT2D eigenvalue weighted by molar-refractivity contribution is -0.112. The summed E-state index contributed by atoms with van der Waals surface area (Å²) < 4.78 is 7.12. The van der Waals surface area contributed by atoms with Crippen LogP contribution in [0.15, 0.2) is 78.9 Å². The molecule has 0 bridgehead atoms. The van der Waals surface area contributed by atoms with E-state index in [-0.39, 0.29) is 5.04 Å². The molecule has 154 valence electrons. The standard InChI is InChI=1S/C27H30O2Si/c1-26(2,3)30(23-11-7-5-8-12-23,24-13-9-6-10-14-24)29-22-16-15-21-17-18-27(4,20-28)25(21)19-22/h5-16,19-20H,17-18H2,1-4H3. The second kappa shape index (κ2) is 7.55. The maximum atomic E-state index is 11.9. The fraction of sp³-hybridized carbons (Fsp3) is 0.296. The summed E-state index contributed by atoms with van der Waals surface area (Å²) in [5.74, 6) is 0.859. The van der Waals surface area contributed by atoms with E-state index in [4.69, 9.17) is 4.43 Å². The maximum Gasteiger partial charge on any atom is 0.319 e. The summed E-state index contributed by atoms with van der Waals surface area (Å²) in [7, 11) is -2.67. The number of rotatable bonds is 5. The molecule has 1 aliphatic rings. The lowest BCUT2D eigenvalue weighted by Gasteiger charge is -2.43. The van der Waals surface area contributed by atoms with E-state index >= 15 is 0 Å². The number of carbonyl (C=O) groups is 1. The molecule has 0 N–H and O–H groups in total. The van der Waals surface area contributed by atoms with Gasteiger partial charge in [0, 0.05) is 5.41 Å². The largest absolute Gasteiger partial charge is 0.534 e. The Hall–Kier alpha value is -2.65. The van der Waals surface area contributed by atoms with E-state index in [1.165, 1.54) is 15.9 Å². The Bertz CT molecular complexity index is 998. The third-order valence-corrected chi connectivity index (χ3v) is 11.5. The van der Waals surface area contributed by atoms with Crippen LogP contribution in [0.25, 0.3) is 0 Å². The third-order valence-electron chi connectivity index (χ3n) is 6.56. The Labute approximate surface area is 181 Å². The van der Waals surface area contributed by atoms with Gasteiger partial charge >= 0.3 is 8.32 Å². The van der Waals surface area contributed by atoms with Crippen molar-refractivity contribution in [1.29, 1.82) is 0 Å². The van der Waals surface area contributed by atoms with Gasteiger partial charge in [-0.25, -0.2) is 0 Å². The zero-order valence-corrected chi connectivity index (χ0v) is 19.3. The molecular formula is C27H30O2Si. The molecule has 30 heavy (non-hydrogen) atoms. The molecule has 3 aromatic carbocycles. The zero-order valence-electron chi connectivity index (χ0n) is 18.3. The van der Waals surface area contributed by atoms with E-state index in [9.17, 15) is 4.79 Å². The minimum atomic E-state index is -2.67. The second-order valence-electron chi connectivity index (χ2n) is 9.62. The second-order valence-corrected chi connectivity index (χ2v) is 13.8. The van der Waals surface area contributed by atoms with E-state index in [2.05, 4.69) is 99.6 Å². The summed E-state index contributed by atoms with van der Waals surface area (Å²) in [6, 6.07) is 27.7. The first-order valence-electron chi connectivity index (χ1n) is 10.7. The number of aldehydes is 1. The van der Waals surface area contributed by atoms with Gasteiger partial charge in [-0.3, -0.25) is 0 Å². The van der Waals surface area contributed by atoms with E-state index in [1.54, 1.807) is 0 Å². The molecule has 0 aliphatic heterocycles. The van der Waals surface area contributed by atoms with Crippen molar-refractivity contribution in [3.63, 3.8) is 0 Å². The lowest BCUT2D eigenvalue weighted by atomic mass is 9.86. The van der Waals surface area contributed by atoms with Crippen molar-refractivity contribution in [2.75, 3.05) is 0 Å². The van der Waals surface area contributed by atoms with Crippen LogP contribution in [0.5, 0.6) is 5.75 Å². The van der Waals surface area contributed by atoms with Gasteiger partial charge in [0.25, 0.3) is 0 Å². The van der Waals surface area contributed by atoms with Gasteiger partial charge in [0.05, 0.1) is 0 Å². The molecule has 0 saturated carbocycles. The smallest absolute Gasteiger partial charge is 0.319 e. The molecule has 0 radical (unpaired) electrons. The average Bonchev–Trinajstić information content (AvgIpc) is 3.09. The van der Waals surface area contributed by atoms with Gasteiger partial charge in [-0.2, -0.15) is 0 Å². The molecule has 3 heteroatoms. The summed E-state index contributed by atoms with van der Waals surface area (Å²) in [6.45, 7) is 8.88. The van der Waals surface area contributed by atoms with E-state index < -0.39 is 13.7 Å². The molecule has 0 spiro atoms. The molecule has 3 aromatic rings. The van der Waals surface area contributed by atoms with Gasteiger partial charge in [-0.05, 0) is 58.4 Å². The van der Waals surface area contributed by atoms with E-state index in [0.717, 1.165) is 30.4 Å². The minimum Gasteiger partial charge on any atom is -0.534 e. The van der Waals surface area contributed by atoms with Crippen LogP contribution in [-0.2, 0) is 16.6 Å². The van der Waals surface area contributed by atoms with Gasteiger partial charge in [-0.15, -0.1) is 0 Å². The molecule has 1 unspecified atom stereocenters. The van der Waals surface area contributed by atoms with Crippen molar-refractivity contribution in [2.45, 2.75) is 51.0 Å². The number of hydrogen-bond donors (Lipinski definition) is 0. The monoisotopic (exact) mass is 414 g/mol. The summed E-state index contributed by atoms with van der Waals surface area (Å²) in [5.41, 5.74) is 1.97. The Morgan fingerprint density at radius 3 is 1.97 bits per heavy atom. The minimum absolute atomic E-state index is 0.0946. The van der Waals surface area contributed by atoms with Crippen LogP contribution >= 0.6 is 0 Å². The molecule has 1 aliphatic carbocycles. The zero-order chi connectivity index (χ0) is 21.4. The molecule has 0 fully saturated rings. The molecule has 2 nitrogen and oxygen atoms in total. The summed E-state index contributed by atoms with van der Waals surface area (Å²) in [4.78, 5) is 11.9. The fourth-order valence-corrected chi connectivity index (χ4v) is 9.26. The highest BCUT2D eigenvalue weighted by Gasteiger charge is 2.52. The van der Waals surface area contributed by atoms with E-state index in [0.29, 0.717) is 0 Å². The third kappa shape index (κ3) is 3.31. The number of fused-ring (bicyclic) bond motifs is 1. The molecule has 0 amide bonds. The molecule has 1 atom stereocenters. The van der Waals surface area contributed by atoms with Crippen LogP contribution < -0.4 is 14.8 Å². The van der Waals surface area contributed by atoms with Crippen LogP contribution in [0.4, 0.5) is 0 Å². The van der Waals surface area contributed by atoms with Gasteiger partial charge in [0.1, 0.15) is 12.0 Å². The first kappa shape index (κ1) is 20.6. The van der Waals surface area contributed by atoms with Gasteiger partial charge in [0.15, 0.2) is 0 Å². The van der Waals surface area contributed by atoms with Crippen LogP contribution in [-0.4, -0.2) is 14.6 Å². The predicted molar refractivity (Wildman–Crippen MR) is 126 cm³/mol. The molecule has 0 saturated heterocycles. The SMILES string of the molecule is CC1(C=O)CCc2ccc(O[Si](c3ccccc3)(c3ccccc3)C(C)(C)C)cc21. The molecule has 0 heterocycles. The first-order chi connectivity index (χ1) is 14.3. The van der Waals surface area contributed by atoms with Gasteiger partial charge in [0.2, 0.25) is 0 Å². The highest BCUT2D eigenvalue weighted by molar-refractivity contribution is 7.00. The van der Waals surface area contributed by atoms with Crippen molar-refractivity contribution < 1.29 is 9.22 Å². The van der Waals surface area contributed by atoms with Crippen LogP contribution in [0.2, 0.25) is 5.04 Å². The molecule has 0 aromatic heterocycles. The fourth-order valence-electron chi connectivity index (χ4n) is 4.85. The highest BCUT2D eigenvalue weighted by Crippen LogP contribution is 2.42. The number of benzene rings is 3. The Morgan fingerprint density at radius 1 is 0.900 bits per heavy atom. The summed E-state index contributed by atoms with van der Waals surface area (Å²) >= 11 is 0. The van der Waals surface area contributed by atoms with Crippen molar-refractivity contribution in [2.24, 2.45) is 0 Å². The van der Waals surface area contributed by atoms with E-state index in [1.807, 2.05) is 6.92 Å². The van der Waals surface area contributed by atoms with Crippen molar-refractivity contribution in [1.82, 2.24) is 0 Å². The summed E-state index contributed by atoms with van der Waals surface area (Å²) in [5, 5.41) is 2.41. The quantitative estimate of drug-likeness (QED) is 0.432. The van der Waals surface area contributed by atoms with Crippen molar-refractivity contribution >= 4 is 25.0 Å². The van der Waals surface area contributed by atoms with Crippen LogP contribution in [0.1, 0.15) is 45.2 Å².